The summed E-state index contributed by atoms with van der Waals surface area (Å²) in [5, 5.41) is 7.03. The summed E-state index contributed by atoms with van der Waals surface area (Å²) in [6, 6.07) is 6.52. The van der Waals surface area contributed by atoms with Gasteiger partial charge in [0.2, 0.25) is 0 Å². The predicted octanol–water partition coefficient (Wildman–Crippen LogP) is 2.21. The molecule has 0 spiro atoms. The maximum atomic E-state index is 14.1. The van der Waals surface area contributed by atoms with Gasteiger partial charge in [-0.2, -0.15) is 5.10 Å². The van der Waals surface area contributed by atoms with Crippen molar-refractivity contribution in [3.8, 4) is 5.69 Å². The van der Waals surface area contributed by atoms with Crippen molar-refractivity contribution in [2.45, 2.75) is 13.8 Å². The van der Waals surface area contributed by atoms with Gasteiger partial charge in [0.1, 0.15) is 12.2 Å². The highest BCUT2D eigenvalue weighted by Gasteiger charge is 2.10. The standard InChI is InChI=1S/C14H16FN3O2/c1-9-6-10(2)18(17-9)13-5-4-11(7-12(13)15)16-8-14(19)20-3/h4-7,16H,8H2,1-3H3. The molecule has 0 bridgehead atoms. The Morgan fingerprint density at radius 2 is 2.15 bits per heavy atom. The molecule has 20 heavy (non-hydrogen) atoms. The molecule has 0 fully saturated rings. The molecular weight excluding hydrogens is 261 g/mol. The number of benzene rings is 1. The van der Waals surface area contributed by atoms with Crippen molar-refractivity contribution in [1.82, 2.24) is 9.78 Å². The molecule has 1 aromatic heterocycles. The lowest BCUT2D eigenvalue weighted by Crippen LogP contribution is -2.15. The van der Waals surface area contributed by atoms with Crippen molar-refractivity contribution in [3.05, 3.63) is 41.5 Å². The van der Waals surface area contributed by atoms with Gasteiger partial charge >= 0.3 is 5.97 Å². The van der Waals surface area contributed by atoms with Crippen LogP contribution in [0.3, 0.4) is 0 Å². The first-order chi connectivity index (χ1) is 9.51. The number of esters is 1. The zero-order chi connectivity index (χ0) is 14.7. The van der Waals surface area contributed by atoms with Crippen molar-refractivity contribution in [3.63, 3.8) is 0 Å². The van der Waals surface area contributed by atoms with Crippen LogP contribution >= 0.6 is 0 Å². The first kappa shape index (κ1) is 14.0. The maximum absolute atomic E-state index is 14.1. The molecule has 1 N–H and O–H groups in total. The van der Waals surface area contributed by atoms with E-state index in [0.29, 0.717) is 11.4 Å². The minimum Gasteiger partial charge on any atom is -0.468 e. The molecule has 0 atom stereocenters. The normalized spacial score (nSPS) is 10.4. The number of nitrogens with zero attached hydrogens (tertiary/aromatic N) is 2. The highest BCUT2D eigenvalue weighted by molar-refractivity contribution is 5.74. The number of carbonyl (C=O) groups excluding carboxylic acids is 1. The Morgan fingerprint density at radius 3 is 2.70 bits per heavy atom. The second-order valence-electron chi connectivity index (χ2n) is 4.43. The molecule has 0 saturated carbocycles. The van der Waals surface area contributed by atoms with Gasteiger partial charge in [-0.25, -0.2) is 9.07 Å². The highest BCUT2D eigenvalue weighted by atomic mass is 19.1. The summed E-state index contributed by atoms with van der Waals surface area (Å²) in [5.74, 6) is -0.820. The van der Waals surface area contributed by atoms with Crippen LogP contribution in [-0.4, -0.2) is 29.4 Å². The third-order valence-corrected chi connectivity index (χ3v) is 2.85. The molecule has 2 rings (SSSR count). The molecule has 0 aliphatic heterocycles. The fourth-order valence-corrected chi connectivity index (χ4v) is 1.91. The number of ether oxygens (including phenoxy) is 1. The van der Waals surface area contributed by atoms with Gasteiger partial charge < -0.3 is 10.1 Å². The molecule has 0 radical (unpaired) electrons. The van der Waals surface area contributed by atoms with E-state index in [4.69, 9.17) is 0 Å². The summed E-state index contributed by atoms with van der Waals surface area (Å²) in [6.07, 6.45) is 0. The smallest absolute Gasteiger partial charge is 0.325 e. The number of rotatable bonds is 4. The monoisotopic (exact) mass is 277 g/mol. The zero-order valence-corrected chi connectivity index (χ0v) is 11.6. The first-order valence-corrected chi connectivity index (χ1v) is 6.15. The van der Waals surface area contributed by atoms with Crippen LogP contribution in [0.25, 0.3) is 5.69 Å². The van der Waals surface area contributed by atoms with Crippen molar-refractivity contribution in [2.24, 2.45) is 0 Å². The molecule has 0 amide bonds. The first-order valence-electron chi connectivity index (χ1n) is 6.15. The van der Waals surface area contributed by atoms with Gasteiger partial charge in [-0.1, -0.05) is 0 Å². The molecule has 0 unspecified atom stereocenters. The van der Waals surface area contributed by atoms with Crippen LogP contribution in [0.4, 0.5) is 10.1 Å². The number of aromatic nitrogens is 2. The van der Waals surface area contributed by atoms with Gasteiger partial charge in [0.05, 0.1) is 12.8 Å². The number of methoxy groups -OCH3 is 1. The van der Waals surface area contributed by atoms with E-state index >= 15 is 0 Å². The molecule has 1 heterocycles. The van der Waals surface area contributed by atoms with Crippen molar-refractivity contribution >= 4 is 11.7 Å². The number of carbonyl (C=O) groups is 1. The highest BCUT2D eigenvalue weighted by Crippen LogP contribution is 2.19. The van der Waals surface area contributed by atoms with E-state index in [1.807, 2.05) is 19.9 Å². The van der Waals surface area contributed by atoms with Gasteiger partial charge in [0.15, 0.2) is 5.82 Å². The summed E-state index contributed by atoms with van der Waals surface area (Å²) in [4.78, 5) is 11.0. The van der Waals surface area contributed by atoms with Gasteiger partial charge in [-0.3, -0.25) is 4.79 Å². The third-order valence-electron chi connectivity index (χ3n) is 2.85. The van der Waals surface area contributed by atoms with E-state index in [0.717, 1.165) is 11.4 Å². The lowest BCUT2D eigenvalue weighted by atomic mass is 10.2. The number of aryl methyl sites for hydroxylation is 2. The lowest BCUT2D eigenvalue weighted by Gasteiger charge is -2.09. The van der Waals surface area contributed by atoms with Crippen LogP contribution < -0.4 is 5.32 Å². The average Bonchev–Trinajstić information content (AvgIpc) is 2.75. The molecule has 2 aromatic rings. The van der Waals surface area contributed by atoms with Crippen LogP contribution in [0, 0.1) is 19.7 Å². The van der Waals surface area contributed by atoms with Crippen LogP contribution in [-0.2, 0) is 9.53 Å². The Bertz CT molecular complexity index is 637. The van der Waals surface area contributed by atoms with Crippen molar-refractivity contribution in [1.29, 1.82) is 0 Å². The van der Waals surface area contributed by atoms with Gasteiger partial charge in [-0.05, 0) is 38.1 Å². The number of nitrogens with one attached hydrogen (secondary N) is 1. The lowest BCUT2D eigenvalue weighted by molar-refractivity contribution is -0.138. The van der Waals surface area contributed by atoms with E-state index < -0.39 is 11.8 Å². The minimum atomic E-state index is -0.411. The van der Waals surface area contributed by atoms with Gasteiger partial charge in [0.25, 0.3) is 0 Å². The number of anilines is 1. The van der Waals surface area contributed by atoms with E-state index in [2.05, 4.69) is 15.2 Å². The summed E-state index contributed by atoms with van der Waals surface area (Å²) >= 11 is 0. The Morgan fingerprint density at radius 1 is 1.40 bits per heavy atom. The number of hydrogen-bond donors (Lipinski definition) is 1. The van der Waals surface area contributed by atoms with Crippen molar-refractivity contribution < 1.29 is 13.9 Å². The van der Waals surface area contributed by atoms with Gasteiger partial charge in [-0.15, -0.1) is 0 Å². The van der Waals surface area contributed by atoms with E-state index in [1.165, 1.54) is 13.2 Å². The molecule has 6 heteroatoms. The predicted molar refractivity (Wildman–Crippen MR) is 73.5 cm³/mol. The molecule has 5 nitrogen and oxygen atoms in total. The Labute approximate surface area is 116 Å². The molecular formula is C14H16FN3O2. The number of hydrogen-bond acceptors (Lipinski definition) is 4. The molecule has 0 aliphatic rings. The molecule has 1 aromatic carbocycles. The summed E-state index contributed by atoms with van der Waals surface area (Å²) in [5.41, 5.74) is 2.57. The summed E-state index contributed by atoms with van der Waals surface area (Å²) in [7, 11) is 1.30. The van der Waals surface area contributed by atoms with Crippen LogP contribution in [0.1, 0.15) is 11.4 Å². The molecule has 106 valence electrons. The van der Waals surface area contributed by atoms with Crippen LogP contribution in [0.2, 0.25) is 0 Å². The Kier molecular flexibility index (Phi) is 4.02. The zero-order valence-electron chi connectivity index (χ0n) is 11.6. The Balaban J connectivity index is 2.22. The molecule has 0 saturated heterocycles. The number of halogens is 1. The topological polar surface area (TPSA) is 56.1 Å². The second kappa shape index (κ2) is 5.73. The van der Waals surface area contributed by atoms with E-state index in [-0.39, 0.29) is 6.54 Å². The van der Waals surface area contributed by atoms with Crippen LogP contribution in [0.15, 0.2) is 24.3 Å². The summed E-state index contributed by atoms with van der Waals surface area (Å²) in [6.45, 7) is 3.71. The average molecular weight is 277 g/mol. The second-order valence-corrected chi connectivity index (χ2v) is 4.43. The van der Waals surface area contributed by atoms with Gasteiger partial charge in [0, 0.05) is 11.4 Å². The molecule has 0 aliphatic carbocycles. The SMILES string of the molecule is COC(=O)CNc1ccc(-n2nc(C)cc2C)c(F)c1. The van der Waals surface area contributed by atoms with E-state index in [1.54, 1.807) is 16.8 Å². The van der Waals surface area contributed by atoms with Crippen LogP contribution in [0.5, 0.6) is 0 Å². The largest absolute Gasteiger partial charge is 0.468 e. The fraction of sp³-hybridized carbons (Fsp3) is 0.286. The van der Waals surface area contributed by atoms with Crippen molar-refractivity contribution in [2.75, 3.05) is 19.0 Å². The fourth-order valence-electron chi connectivity index (χ4n) is 1.91. The Hall–Kier alpha value is -2.37. The minimum absolute atomic E-state index is 0.00477. The summed E-state index contributed by atoms with van der Waals surface area (Å²) < 4.78 is 20.2. The quantitative estimate of drug-likeness (QED) is 0.871. The van der Waals surface area contributed by atoms with E-state index in [9.17, 15) is 9.18 Å². The third kappa shape index (κ3) is 2.96. The maximum Gasteiger partial charge on any atom is 0.325 e.